The van der Waals surface area contributed by atoms with E-state index < -0.39 is 0 Å². The van der Waals surface area contributed by atoms with Crippen LogP contribution in [0.5, 0.6) is 0 Å². The minimum absolute atomic E-state index is 0.395. The van der Waals surface area contributed by atoms with E-state index in [9.17, 15) is 0 Å². The van der Waals surface area contributed by atoms with Gasteiger partial charge in [0.05, 0.1) is 0 Å². The second-order valence-electron chi connectivity index (χ2n) is 5.50. The van der Waals surface area contributed by atoms with E-state index >= 15 is 0 Å². The molecule has 3 nitrogen and oxygen atoms in total. The Morgan fingerprint density at radius 3 is 2.57 bits per heavy atom. The summed E-state index contributed by atoms with van der Waals surface area (Å²) in [6.45, 7) is 6.23. The second kappa shape index (κ2) is 11.0. The molecule has 1 aromatic carbocycles. The first-order valence-electron chi connectivity index (χ1n) is 7.83. The lowest BCUT2D eigenvalue weighted by atomic mass is 10.0. The quantitative estimate of drug-likeness (QED) is 0.630. The van der Waals surface area contributed by atoms with E-state index in [1.165, 1.54) is 5.56 Å². The van der Waals surface area contributed by atoms with Gasteiger partial charge in [-0.05, 0) is 57.1 Å². The van der Waals surface area contributed by atoms with Gasteiger partial charge in [-0.25, -0.2) is 0 Å². The van der Waals surface area contributed by atoms with E-state index in [0.717, 1.165) is 50.5 Å². The molecule has 1 N–H and O–H groups in total. The maximum atomic E-state index is 5.98. The Morgan fingerprint density at radius 1 is 1.24 bits per heavy atom. The molecule has 0 amide bonds. The van der Waals surface area contributed by atoms with Crippen LogP contribution < -0.4 is 5.32 Å². The zero-order valence-corrected chi connectivity index (χ0v) is 14.3. The highest BCUT2D eigenvalue weighted by atomic mass is 35.5. The Bertz CT molecular complexity index is 370. The Morgan fingerprint density at radius 2 is 1.95 bits per heavy atom. The lowest BCUT2D eigenvalue weighted by molar-refractivity contribution is 0.178. The van der Waals surface area contributed by atoms with Gasteiger partial charge in [0.1, 0.15) is 0 Å². The fourth-order valence-corrected chi connectivity index (χ4v) is 2.47. The molecule has 4 heteroatoms. The third kappa shape index (κ3) is 7.82. The van der Waals surface area contributed by atoms with Crippen LogP contribution in [0.2, 0.25) is 5.02 Å². The number of benzene rings is 1. The van der Waals surface area contributed by atoms with Gasteiger partial charge >= 0.3 is 0 Å². The van der Waals surface area contributed by atoms with Gasteiger partial charge in [0, 0.05) is 31.3 Å². The molecule has 0 radical (unpaired) electrons. The van der Waals surface area contributed by atoms with E-state index in [2.05, 4.69) is 36.3 Å². The van der Waals surface area contributed by atoms with Crippen molar-refractivity contribution in [2.24, 2.45) is 0 Å². The van der Waals surface area contributed by atoms with Crippen LogP contribution >= 0.6 is 11.6 Å². The molecule has 120 valence electrons. The Kier molecular flexibility index (Phi) is 9.68. The van der Waals surface area contributed by atoms with Gasteiger partial charge in [-0.1, -0.05) is 30.7 Å². The predicted molar refractivity (Wildman–Crippen MR) is 91.1 cm³/mol. The monoisotopic (exact) mass is 312 g/mol. The Balaban J connectivity index is 2.47. The minimum Gasteiger partial charge on any atom is -0.385 e. The topological polar surface area (TPSA) is 24.5 Å². The van der Waals surface area contributed by atoms with Crippen LogP contribution in [0.25, 0.3) is 0 Å². The molecule has 0 saturated carbocycles. The van der Waals surface area contributed by atoms with Crippen molar-refractivity contribution in [2.75, 3.05) is 40.4 Å². The van der Waals surface area contributed by atoms with Crippen LogP contribution in [0.4, 0.5) is 0 Å². The van der Waals surface area contributed by atoms with Gasteiger partial charge in [-0.2, -0.15) is 0 Å². The van der Waals surface area contributed by atoms with E-state index in [1.807, 2.05) is 12.1 Å². The van der Waals surface area contributed by atoms with Gasteiger partial charge in [0.25, 0.3) is 0 Å². The molecule has 0 aliphatic rings. The maximum Gasteiger partial charge on any atom is 0.0474 e. The number of nitrogens with zero attached hydrogens (tertiary/aromatic N) is 1. The highest BCUT2D eigenvalue weighted by molar-refractivity contribution is 6.30. The molecule has 0 aromatic heterocycles. The molecule has 0 aliphatic heterocycles. The molecule has 21 heavy (non-hydrogen) atoms. The lowest BCUT2D eigenvalue weighted by Crippen LogP contribution is -2.28. The normalized spacial score (nSPS) is 12.8. The fraction of sp³-hybridized carbons (Fsp3) is 0.647. The number of hydrogen-bond donors (Lipinski definition) is 1. The number of ether oxygens (including phenoxy) is 1. The summed E-state index contributed by atoms with van der Waals surface area (Å²) in [6.07, 6.45) is 3.33. The number of rotatable bonds is 11. The molecule has 1 atom stereocenters. The third-order valence-electron chi connectivity index (χ3n) is 3.60. The smallest absolute Gasteiger partial charge is 0.0474 e. The largest absolute Gasteiger partial charge is 0.385 e. The summed E-state index contributed by atoms with van der Waals surface area (Å²) >= 11 is 5.98. The summed E-state index contributed by atoms with van der Waals surface area (Å²) in [5.74, 6) is 0. The van der Waals surface area contributed by atoms with Crippen LogP contribution in [0.1, 0.15) is 37.8 Å². The standard InChI is InChI=1S/C17H29ClN2O/c1-4-11-19-17(15-6-8-16(18)9-7-15)10-13-20(2)12-5-14-21-3/h6-9,17,19H,4-5,10-14H2,1-3H3. The molecule has 0 fully saturated rings. The van der Waals surface area contributed by atoms with Crippen molar-refractivity contribution in [3.63, 3.8) is 0 Å². The molecule has 1 aromatic rings. The van der Waals surface area contributed by atoms with Crippen LogP contribution in [0, 0.1) is 0 Å². The fourth-order valence-electron chi connectivity index (χ4n) is 2.34. The number of hydrogen-bond acceptors (Lipinski definition) is 3. The van der Waals surface area contributed by atoms with E-state index in [4.69, 9.17) is 16.3 Å². The Hall–Kier alpha value is -0.610. The first-order valence-corrected chi connectivity index (χ1v) is 8.21. The summed E-state index contributed by atoms with van der Waals surface area (Å²) < 4.78 is 5.10. The van der Waals surface area contributed by atoms with Gasteiger partial charge in [-0.3, -0.25) is 0 Å². The predicted octanol–water partition coefficient (Wildman–Crippen LogP) is 3.74. The lowest BCUT2D eigenvalue weighted by Gasteiger charge is -2.23. The molecule has 0 heterocycles. The summed E-state index contributed by atoms with van der Waals surface area (Å²) in [7, 11) is 3.93. The van der Waals surface area contributed by atoms with Gasteiger partial charge in [0.2, 0.25) is 0 Å². The summed E-state index contributed by atoms with van der Waals surface area (Å²) in [5.41, 5.74) is 1.32. The third-order valence-corrected chi connectivity index (χ3v) is 3.85. The highest BCUT2D eigenvalue weighted by Crippen LogP contribution is 2.19. The number of methoxy groups -OCH3 is 1. The van der Waals surface area contributed by atoms with Crippen LogP contribution in [-0.2, 0) is 4.74 Å². The van der Waals surface area contributed by atoms with Crippen LogP contribution in [0.15, 0.2) is 24.3 Å². The molecule has 0 aliphatic carbocycles. The zero-order valence-electron chi connectivity index (χ0n) is 13.6. The Labute approximate surface area is 134 Å². The van der Waals surface area contributed by atoms with Crippen LogP contribution in [0.3, 0.4) is 0 Å². The number of nitrogens with one attached hydrogen (secondary N) is 1. The van der Waals surface area contributed by atoms with Crippen molar-refractivity contribution in [1.82, 2.24) is 10.2 Å². The van der Waals surface area contributed by atoms with Gasteiger partial charge in [-0.15, -0.1) is 0 Å². The van der Waals surface area contributed by atoms with Crippen LogP contribution in [-0.4, -0.2) is 45.3 Å². The SMILES string of the molecule is CCCNC(CCN(C)CCCOC)c1ccc(Cl)cc1. The zero-order chi connectivity index (χ0) is 15.5. The summed E-state index contributed by atoms with van der Waals surface area (Å²) in [5, 5.41) is 4.43. The van der Waals surface area contributed by atoms with Gasteiger partial charge in [0.15, 0.2) is 0 Å². The molecule has 0 bridgehead atoms. The van der Waals surface area contributed by atoms with Crippen molar-refractivity contribution >= 4 is 11.6 Å². The highest BCUT2D eigenvalue weighted by Gasteiger charge is 2.11. The molecule has 0 saturated heterocycles. The molecule has 1 unspecified atom stereocenters. The molecule has 0 spiro atoms. The van der Waals surface area contributed by atoms with E-state index in [-0.39, 0.29) is 0 Å². The van der Waals surface area contributed by atoms with E-state index in [1.54, 1.807) is 7.11 Å². The molecular weight excluding hydrogens is 284 g/mol. The first-order chi connectivity index (χ1) is 10.2. The average molecular weight is 313 g/mol. The minimum atomic E-state index is 0.395. The summed E-state index contributed by atoms with van der Waals surface area (Å²) in [4.78, 5) is 2.37. The van der Waals surface area contributed by atoms with Crippen molar-refractivity contribution in [1.29, 1.82) is 0 Å². The van der Waals surface area contributed by atoms with Gasteiger partial charge < -0.3 is 15.0 Å². The van der Waals surface area contributed by atoms with Crippen molar-refractivity contribution < 1.29 is 4.74 Å². The first kappa shape index (κ1) is 18.4. The maximum absolute atomic E-state index is 5.98. The number of halogens is 1. The molecular formula is C17H29ClN2O. The van der Waals surface area contributed by atoms with E-state index in [0.29, 0.717) is 6.04 Å². The van der Waals surface area contributed by atoms with Crippen molar-refractivity contribution in [3.05, 3.63) is 34.9 Å². The second-order valence-corrected chi connectivity index (χ2v) is 5.93. The van der Waals surface area contributed by atoms with Crippen molar-refractivity contribution in [3.8, 4) is 0 Å². The molecule has 1 rings (SSSR count). The van der Waals surface area contributed by atoms with Crippen molar-refractivity contribution in [2.45, 2.75) is 32.2 Å². The summed E-state index contributed by atoms with van der Waals surface area (Å²) in [6, 6.07) is 8.59. The average Bonchev–Trinajstić information content (AvgIpc) is 2.49.